The van der Waals surface area contributed by atoms with Gasteiger partial charge in [-0.2, -0.15) is 4.31 Å². The average molecular weight is 569 g/mol. The molecule has 0 aliphatic carbocycles. The van der Waals surface area contributed by atoms with E-state index in [1.807, 2.05) is 25.1 Å². The molecule has 10 nitrogen and oxygen atoms in total. The van der Waals surface area contributed by atoms with E-state index in [4.69, 9.17) is 16.3 Å². The van der Waals surface area contributed by atoms with Gasteiger partial charge in [0.1, 0.15) is 5.75 Å². The standard InChI is InChI=1S/C27H29ClN6O4S/c1-18-14-25(23-15-20(28)4-9-24(23)31-18)30-11-13-34(39(36,37)22-7-5-21(38-3)6-8-22)12-10-27(35)33-26-17-29-16-19(2)32-26/h4-9,14-17H,10-13H2,1-3H3,(H,30,31)(H,32,33,35). The number of ether oxygens (including phenoxy) is 1. The molecular formula is C27H29ClN6O4S. The molecule has 0 atom stereocenters. The number of carbonyl (C=O) groups excluding carboxylic acids is 1. The third-order valence-electron chi connectivity index (χ3n) is 5.88. The van der Waals surface area contributed by atoms with E-state index < -0.39 is 10.0 Å². The van der Waals surface area contributed by atoms with Crippen LogP contribution in [-0.4, -0.2) is 60.3 Å². The van der Waals surface area contributed by atoms with E-state index in [2.05, 4.69) is 25.6 Å². The van der Waals surface area contributed by atoms with Crippen molar-refractivity contribution in [3.05, 3.63) is 77.3 Å². The van der Waals surface area contributed by atoms with Gasteiger partial charge in [-0.05, 0) is 62.4 Å². The van der Waals surface area contributed by atoms with Gasteiger partial charge in [-0.25, -0.2) is 13.4 Å². The lowest BCUT2D eigenvalue weighted by Gasteiger charge is -2.23. The summed E-state index contributed by atoms with van der Waals surface area (Å²) in [6, 6.07) is 13.5. The number of methoxy groups -OCH3 is 1. The van der Waals surface area contributed by atoms with Crippen LogP contribution in [0.25, 0.3) is 10.9 Å². The molecule has 0 saturated heterocycles. The molecule has 0 spiro atoms. The van der Waals surface area contributed by atoms with Gasteiger partial charge in [0, 0.05) is 54.0 Å². The summed E-state index contributed by atoms with van der Waals surface area (Å²) >= 11 is 6.20. The molecule has 0 saturated carbocycles. The zero-order valence-electron chi connectivity index (χ0n) is 21.8. The molecule has 0 radical (unpaired) electrons. The number of fused-ring (bicyclic) bond motifs is 1. The Balaban J connectivity index is 1.52. The first-order valence-corrected chi connectivity index (χ1v) is 14.0. The van der Waals surface area contributed by atoms with E-state index >= 15 is 0 Å². The zero-order valence-corrected chi connectivity index (χ0v) is 23.4. The van der Waals surface area contributed by atoms with Gasteiger partial charge < -0.3 is 15.4 Å². The molecule has 0 unspecified atom stereocenters. The topological polar surface area (TPSA) is 126 Å². The third-order valence-corrected chi connectivity index (χ3v) is 8.03. The van der Waals surface area contributed by atoms with E-state index in [0.29, 0.717) is 22.3 Å². The molecule has 2 aromatic carbocycles. The average Bonchev–Trinajstić information content (AvgIpc) is 2.90. The Bertz CT molecular complexity index is 1580. The summed E-state index contributed by atoms with van der Waals surface area (Å²) in [5.41, 5.74) is 3.03. The van der Waals surface area contributed by atoms with Crippen LogP contribution in [0.4, 0.5) is 11.5 Å². The second-order valence-corrected chi connectivity index (χ2v) is 11.2. The lowest BCUT2D eigenvalue weighted by Crippen LogP contribution is -2.37. The van der Waals surface area contributed by atoms with Gasteiger partial charge in [0.15, 0.2) is 5.82 Å². The number of rotatable bonds is 11. The Morgan fingerprint density at radius 1 is 1.00 bits per heavy atom. The molecule has 0 aliphatic heterocycles. The summed E-state index contributed by atoms with van der Waals surface area (Å²) in [5.74, 6) is 0.479. The van der Waals surface area contributed by atoms with Gasteiger partial charge in [0.2, 0.25) is 15.9 Å². The SMILES string of the molecule is COc1ccc(S(=O)(=O)N(CCNc2cc(C)nc3ccc(Cl)cc23)CCC(=O)Nc2cncc(C)n2)cc1. The number of carbonyl (C=O) groups is 1. The fourth-order valence-corrected chi connectivity index (χ4v) is 5.61. The van der Waals surface area contributed by atoms with Crippen molar-refractivity contribution in [2.75, 3.05) is 37.4 Å². The van der Waals surface area contributed by atoms with Crippen molar-refractivity contribution < 1.29 is 17.9 Å². The van der Waals surface area contributed by atoms with Crippen molar-refractivity contribution in [2.45, 2.75) is 25.2 Å². The second kappa shape index (κ2) is 12.4. The van der Waals surface area contributed by atoms with Crippen LogP contribution in [0.1, 0.15) is 17.8 Å². The highest BCUT2D eigenvalue weighted by Gasteiger charge is 2.25. The highest BCUT2D eigenvalue weighted by atomic mass is 35.5. The van der Waals surface area contributed by atoms with Crippen LogP contribution < -0.4 is 15.4 Å². The number of nitrogens with zero attached hydrogens (tertiary/aromatic N) is 4. The van der Waals surface area contributed by atoms with Crippen LogP contribution in [-0.2, 0) is 14.8 Å². The molecule has 4 aromatic rings. The van der Waals surface area contributed by atoms with Gasteiger partial charge in [0.05, 0.1) is 29.4 Å². The van der Waals surface area contributed by atoms with Crippen LogP contribution in [0.5, 0.6) is 5.75 Å². The summed E-state index contributed by atoms with van der Waals surface area (Å²) < 4.78 is 33.6. The smallest absolute Gasteiger partial charge is 0.243 e. The quantitative estimate of drug-likeness (QED) is 0.272. The number of anilines is 2. The highest BCUT2D eigenvalue weighted by molar-refractivity contribution is 7.89. The lowest BCUT2D eigenvalue weighted by molar-refractivity contribution is -0.116. The van der Waals surface area contributed by atoms with E-state index in [-0.39, 0.29) is 36.9 Å². The summed E-state index contributed by atoms with van der Waals surface area (Å²) in [4.78, 5) is 25.5. The van der Waals surface area contributed by atoms with Crippen LogP contribution in [0.15, 0.2) is 65.8 Å². The predicted octanol–water partition coefficient (Wildman–Crippen LogP) is 4.44. The number of aromatic nitrogens is 3. The minimum Gasteiger partial charge on any atom is -0.497 e. The van der Waals surface area contributed by atoms with Gasteiger partial charge in [-0.1, -0.05) is 11.6 Å². The van der Waals surface area contributed by atoms with Crippen LogP contribution in [0, 0.1) is 13.8 Å². The van der Waals surface area contributed by atoms with Crippen molar-refractivity contribution in [3.63, 3.8) is 0 Å². The Morgan fingerprint density at radius 3 is 2.49 bits per heavy atom. The molecule has 4 rings (SSSR count). The molecule has 2 aromatic heterocycles. The fraction of sp³-hybridized carbons (Fsp3) is 0.259. The van der Waals surface area contributed by atoms with Gasteiger partial charge >= 0.3 is 0 Å². The minimum absolute atomic E-state index is 0.0386. The number of pyridine rings is 1. The molecule has 0 fully saturated rings. The van der Waals surface area contributed by atoms with Crippen LogP contribution in [0.3, 0.4) is 0 Å². The van der Waals surface area contributed by atoms with E-state index in [1.165, 1.54) is 29.7 Å². The zero-order chi connectivity index (χ0) is 28.0. The summed E-state index contributed by atoms with van der Waals surface area (Å²) in [5, 5.41) is 7.39. The Hall–Kier alpha value is -3.80. The lowest BCUT2D eigenvalue weighted by atomic mass is 10.1. The van der Waals surface area contributed by atoms with Gasteiger partial charge in [-0.3, -0.25) is 14.8 Å². The monoisotopic (exact) mass is 568 g/mol. The number of hydrogen-bond donors (Lipinski definition) is 2. The molecule has 39 heavy (non-hydrogen) atoms. The normalized spacial score (nSPS) is 11.5. The largest absolute Gasteiger partial charge is 0.497 e. The molecule has 204 valence electrons. The molecule has 1 amide bonds. The minimum atomic E-state index is -3.92. The number of nitrogens with one attached hydrogen (secondary N) is 2. The van der Waals surface area contributed by atoms with Gasteiger partial charge in [-0.15, -0.1) is 0 Å². The molecule has 2 N–H and O–H groups in total. The van der Waals surface area contributed by atoms with E-state index in [0.717, 1.165) is 22.3 Å². The number of halogens is 1. The van der Waals surface area contributed by atoms with Crippen molar-refractivity contribution >= 4 is 49.9 Å². The maximum absolute atomic E-state index is 13.6. The van der Waals surface area contributed by atoms with Crippen LogP contribution >= 0.6 is 11.6 Å². The summed E-state index contributed by atoms with van der Waals surface area (Å²) in [6.45, 7) is 4.00. The Morgan fingerprint density at radius 2 is 1.77 bits per heavy atom. The van der Waals surface area contributed by atoms with Crippen molar-refractivity contribution in [1.29, 1.82) is 0 Å². The highest BCUT2D eigenvalue weighted by Crippen LogP contribution is 2.26. The number of aryl methyl sites for hydroxylation is 2. The fourth-order valence-electron chi connectivity index (χ4n) is 4.00. The van der Waals surface area contributed by atoms with E-state index in [9.17, 15) is 13.2 Å². The first kappa shape index (κ1) is 28.2. The maximum Gasteiger partial charge on any atom is 0.243 e. The number of hydrogen-bond acceptors (Lipinski definition) is 8. The van der Waals surface area contributed by atoms with Gasteiger partial charge in [0.25, 0.3) is 0 Å². The number of sulfonamides is 1. The van der Waals surface area contributed by atoms with Crippen molar-refractivity contribution in [2.24, 2.45) is 0 Å². The Labute approximate surface area is 232 Å². The first-order valence-electron chi connectivity index (χ1n) is 12.2. The summed E-state index contributed by atoms with van der Waals surface area (Å²) in [7, 11) is -2.41. The summed E-state index contributed by atoms with van der Waals surface area (Å²) in [6.07, 6.45) is 2.94. The second-order valence-electron chi connectivity index (χ2n) is 8.82. The van der Waals surface area contributed by atoms with Crippen LogP contribution in [0.2, 0.25) is 5.02 Å². The Kier molecular flexibility index (Phi) is 8.95. The van der Waals surface area contributed by atoms with Crippen molar-refractivity contribution in [3.8, 4) is 5.75 Å². The van der Waals surface area contributed by atoms with Crippen molar-refractivity contribution in [1.82, 2.24) is 19.3 Å². The predicted molar refractivity (Wildman–Crippen MR) is 152 cm³/mol. The molecule has 2 heterocycles. The number of amides is 1. The first-order chi connectivity index (χ1) is 18.7. The molecule has 0 bridgehead atoms. The number of benzene rings is 2. The maximum atomic E-state index is 13.6. The van der Waals surface area contributed by atoms with E-state index in [1.54, 1.807) is 31.3 Å². The molecular weight excluding hydrogens is 540 g/mol. The third kappa shape index (κ3) is 7.20. The molecule has 12 heteroatoms. The molecule has 0 aliphatic rings.